The summed E-state index contributed by atoms with van der Waals surface area (Å²) in [5.41, 5.74) is 0.229. The van der Waals surface area contributed by atoms with Crippen LogP contribution >= 0.6 is 15.9 Å². The largest absolute Gasteiger partial charge is 0.396 e. The minimum absolute atomic E-state index is 0.172. The van der Waals surface area contributed by atoms with Gasteiger partial charge < -0.3 is 15.1 Å². The maximum atomic E-state index is 12.0. The monoisotopic (exact) mass is 341 g/mol. The summed E-state index contributed by atoms with van der Waals surface area (Å²) >= 11 is 3.41. The topological polar surface area (TPSA) is 60.8 Å². The molecule has 0 atom stereocenters. The second-order valence-electron chi connectivity index (χ2n) is 5.18. The molecule has 2 N–H and O–H groups in total. The van der Waals surface area contributed by atoms with E-state index < -0.39 is 5.41 Å². The van der Waals surface area contributed by atoms with Gasteiger partial charge in [0.25, 0.3) is 0 Å². The molecule has 0 aliphatic rings. The molecule has 0 spiro atoms. The maximum Gasteiger partial charge on any atom is 0.246 e. The summed E-state index contributed by atoms with van der Waals surface area (Å²) < 4.78 is 0.919. The van der Waals surface area contributed by atoms with Gasteiger partial charge in [-0.05, 0) is 17.7 Å². The molecule has 1 amide bonds. The van der Waals surface area contributed by atoms with Gasteiger partial charge in [-0.15, -0.1) is 0 Å². The summed E-state index contributed by atoms with van der Waals surface area (Å²) in [6, 6.07) is 7.61. The van der Waals surface area contributed by atoms with Gasteiger partial charge in [0.2, 0.25) is 5.91 Å². The number of hydrogen-bond acceptors (Lipinski definition) is 3. The third-order valence-corrected chi connectivity index (χ3v) is 3.79. The molecule has 0 unspecified atom stereocenters. The number of likely N-dealkylation sites (N-methyl/N-ethyl adjacent to an activating group) is 1. The normalized spacial score (nSPS) is 11.8. The van der Waals surface area contributed by atoms with E-state index in [4.69, 9.17) is 0 Å². The summed E-state index contributed by atoms with van der Waals surface area (Å²) in [5, 5.41) is 18.5. The smallest absolute Gasteiger partial charge is 0.246 e. The number of carbonyl (C=O) groups is 1. The number of halogens is 1. The van der Waals surface area contributed by atoms with Gasteiger partial charge >= 0.3 is 0 Å². The van der Waals surface area contributed by atoms with Crippen LogP contribution in [0.25, 0.3) is 6.08 Å². The van der Waals surface area contributed by atoms with Crippen LogP contribution in [0.15, 0.2) is 34.8 Å². The Morgan fingerprint density at radius 3 is 2.50 bits per heavy atom. The fraction of sp³-hybridized carbons (Fsp3) is 0.400. The van der Waals surface area contributed by atoms with Gasteiger partial charge in [-0.2, -0.15) is 0 Å². The highest BCUT2D eigenvalue weighted by Crippen LogP contribution is 2.18. The van der Waals surface area contributed by atoms with Crippen molar-refractivity contribution in [2.75, 3.05) is 26.8 Å². The highest BCUT2D eigenvalue weighted by molar-refractivity contribution is 9.10. The van der Waals surface area contributed by atoms with Crippen molar-refractivity contribution in [2.24, 2.45) is 5.41 Å². The van der Waals surface area contributed by atoms with Crippen molar-refractivity contribution in [1.29, 1.82) is 0 Å². The number of nitrogens with zero attached hydrogens (tertiary/aromatic N) is 1. The number of rotatable bonds is 6. The van der Waals surface area contributed by atoms with E-state index in [1.54, 1.807) is 20.0 Å². The number of aliphatic hydroxyl groups excluding tert-OH is 2. The van der Waals surface area contributed by atoms with E-state index in [9.17, 15) is 15.0 Å². The van der Waals surface area contributed by atoms with E-state index in [0.717, 1.165) is 10.0 Å². The average Bonchev–Trinajstić information content (AvgIpc) is 2.45. The van der Waals surface area contributed by atoms with E-state index in [1.165, 1.54) is 11.0 Å². The van der Waals surface area contributed by atoms with Crippen LogP contribution in [0.3, 0.4) is 0 Å². The Balaban J connectivity index is 2.69. The Kier molecular flexibility index (Phi) is 6.39. The first-order valence-corrected chi connectivity index (χ1v) is 7.10. The number of benzene rings is 1. The van der Waals surface area contributed by atoms with Crippen LogP contribution in [-0.2, 0) is 4.79 Å². The molecule has 4 nitrogen and oxygen atoms in total. The first kappa shape index (κ1) is 16.9. The van der Waals surface area contributed by atoms with Crippen molar-refractivity contribution in [1.82, 2.24) is 4.90 Å². The predicted molar refractivity (Wildman–Crippen MR) is 83.1 cm³/mol. The second-order valence-corrected chi connectivity index (χ2v) is 6.03. The molecule has 0 fully saturated rings. The third kappa shape index (κ3) is 4.74. The van der Waals surface area contributed by atoms with Crippen molar-refractivity contribution in [3.05, 3.63) is 40.4 Å². The van der Waals surface area contributed by atoms with E-state index in [0.29, 0.717) is 6.54 Å². The molecule has 0 bridgehead atoms. The Morgan fingerprint density at radius 1 is 1.35 bits per heavy atom. The lowest BCUT2D eigenvalue weighted by molar-refractivity contribution is -0.126. The molecule has 110 valence electrons. The fourth-order valence-corrected chi connectivity index (χ4v) is 2.12. The van der Waals surface area contributed by atoms with Crippen molar-refractivity contribution in [3.63, 3.8) is 0 Å². The Bertz CT molecular complexity index is 484. The molecule has 0 radical (unpaired) electrons. The molecule has 0 saturated carbocycles. The molecule has 20 heavy (non-hydrogen) atoms. The van der Waals surface area contributed by atoms with Gasteiger partial charge in [0.15, 0.2) is 0 Å². The SMILES string of the molecule is CN(CC(C)(CO)CO)C(=O)/C=C/c1ccccc1Br. The fourth-order valence-electron chi connectivity index (χ4n) is 1.70. The van der Waals surface area contributed by atoms with Crippen LogP contribution in [0, 0.1) is 5.41 Å². The standard InChI is InChI=1S/C15H20BrNO3/c1-15(10-18,11-19)9-17(2)14(20)8-7-12-5-3-4-6-13(12)16/h3-8,18-19H,9-11H2,1-2H3/b8-7+. The Hall–Kier alpha value is -1.17. The molecule has 1 aromatic rings. The lowest BCUT2D eigenvalue weighted by Gasteiger charge is -2.29. The van der Waals surface area contributed by atoms with Gasteiger partial charge in [0.05, 0.1) is 13.2 Å². The first-order chi connectivity index (χ1) is 9.41. The molecule has 0 aromatic heterocycles. The molecule has 0 heterocycles. The van der Waals surface area contributed by atoms with Crippen molar-refractivity contribution < 1.29 is 15.0 Å². The summed E-state index contributed by atoms with van der Waals surface area (Å²) in [7, 11) is 1.65. The number of aliphatic hydroxyl groups is 2. The van der Waals surface area contributed by atoms with Crippen LogP contribution in [0.2, 0.25) is 0 Å². The van der Waals surface area contributed by atoms with Crippen molar-refractivity contribution >= 4 is 27.9 Å². The van der Waals surface area contributed by atoms with Crippen LogP contribution in [0.1, 0.15) is 12.5 Å². The number of hydrogen-bond donors (Lipinski definition) is 2. The average molecular weight is 342 g/mol. The van der Waals surface area contributed by atoms with E-state index in [1.807, 2.05) is 24.3 Å². The molecule has 5 heteroatoms. The van der Waals surface area contributed by atoms with Gasteiger partial charge in [-0.1, -0.05) is 41.1 Å². The molecule has 0 aliphatic carbocycles. The molecule has 0 aliphatic heterocycles. The maximum absolute atomic E-state index is 12.0. The van der Waals surface area contributed by atoms with Gasteiger partial charge in [0.1, 0.15) is 0 Å². The zero-order valence-corrected chi connectivity index (χ0v) is 13.3. The Morgan fingerprint density at radius 2 is 1.95 bits per heavy atom. The van der Waals surface area contributed by atoms with Gasteiger partial charge in [-0.3, -0.25) is 4.79 Å². The zero-order valence-electron chi connectivity index (χ0n) is 11.7. The lowest BCUT2D eigenvalue weighted by atomic mass is 9.92. The van der Waals surface area contributed by atoms with Gasteiger partial charge in [-0.25, -0.2) is 0 Å². The van der Waals surface area contributed by atoms with E-state index >= 15 is 0 Å². The zero-order chi connectivity index (χ0) is 15.2. The van der Waals surface area contributed by atoms with Crippen LogP contribution in [0.4, 0.5) is 0 Å². The molecule has 1 rings (SSSR count). The highest BCUT2D eigenvalue weighted by atomic mass is 79.9. The Labute approximate surface area is 127 Å². The van der Waals surface area contributed by atoms with Crippen LogP contribution in [-0.4, -0.2) is 47.8 Å². The molecular formula is C15H20BrNO3. The highest BCUT2D eigenvalue weighted by Gasteiger charge is 2.25. The summed E-state index contributed by atoms with van der Waals surface area (Å²) in [5.74, 6) is -0.172. The van der Waals surface area contributed by atoms with Crippen molar-refractivity contribution in [2.45, 2.75) is 6.92 Å². The molecule has 1 aromatic carbocycles. The van der Waals surface area contributed by atoms with Gasteiger partial charge in [0, 0.05) is 29.6 Å². The summed E-state index contributed by atoms with van der Waals surface area (Å²) in [6.07, 6.45) is 3.22. The van der Waals surface area contributed by atoms with Crippen LogP contribution in [0.5, 0.6) is 0 Å². The van der Waals surface area contributed by atoms with Crippen LogP contribution < -0.4 is 0 Å². The summed E-state index contributed by atoms with van der Waals surface area (Å²) in [6.45, 7) is 1.68. The van der Waals surface area contributed by atoms with E-state index in [-0.39, 0.29) is 19.1 Å². The molecule has 0 saturated heterocycles. The third-order valence-electron chi connectivity index (χ3n) is 3.07. The number of amides is 1. The van der Waals surface area contributed by atoms with E-state index in [2.05, 4.69) is 15.9 Å². The number of carbonyl (C=O) groups excluding carboxylic acids is 1. The quantitative estimate of drug-likeness (QED) is 0.777. The van der Waals surface area contributed by atoms with Crippen molar-refractivity contribution in [3.8, 4) is 0 Å². The summed E-state index contributed by atoms with van der Waals surface area (Å²) in [4.78, 5) is 13.5. The predicted octanol–water partition coefficient (Wildman–Crippen LogP) is 1.91. The minimum Gasteiger partial charge on any atom is -0.396 e. The first-order valence-electron chi connectivity index (χ1n) is 6.31. The minimum atomic E-state index is -0.689. The second kappa shape index (κ2) is 7.57. The lowest BCUT2D eigenvalue weighted by Crippen LogP contribution is -2.41. The molecular weight excluding hydrogens is 322 g/mol.